The third-order valence-electron chi connectivity index (χ3n) is 4.17. The predicted octanol–water partition coefficient (Wildman–Crippen LogP) is 1.99. The van der Waals surface area contributed by atoms with E-state index in [1.54, 1.807) is 0 Å². The number of aliphatic hydroxyl groups excluding tert-OH is 1. The van der Waals surface area contributed by atoms with Crippen molar-refractivity contribution >= 4 is 0 Å². The van der Waals surface area contributed by atoms with Crippen LogP contribution in [0.2, 0.25) is 0 Å². The second kappa shape index (κ2) is 9.37. The van der Waals surface area contributed by atoms with E-state index in [0.717, 1.165) is 25.4 Å². The number of rotatable bonds is 8. The van der Waals surface area contributed by atoms with E-state index in [-0.39, 0.29) is 18.3 Å². The number of β-amino-alcohol motifs (C(OH)–C–C–N with tert-alkyl or cyclic N) is 1. The maximum absolute atomic E-state index is 10.4. The number of morpholine rings is 1. The summed E-state index contributed by atoms with van der Waals surface area (Å²) in [6.45, 7) is 10.8. The molecule has 1 aromatic carbocycles. The van der Waals surface area contributed by atoms with Gasteiger partial charge >= 0.3 is 0 Å². The minimum absolute atomic E-state index is 0.238. The molecule has 1 saturated heterocycles. The van der Waals surface area contributed by atoms with Gasteiger partial charge in [-0.25, -0.2) is 0 Å². The molecular weight excluding hydrogens is 304 g/mol. The first-order valence-corrected chi connectivity index (χ1v) is 8.92. The Morgan fingerprint density at radius 1 is 1.25 bits per heavy atom. The van der Waals surface area contributed by atoms with E-state index in [2.05, 4.69) is 35.8 Å². The van der Waals surface area contributed by atoms with Crippen molar-refractivity contribution in [3.8, 4) is 5.75 Å². The van der Waals surface area contributed by atoms with Gasteiger partial charge in [0, 0.05) is 32.7 Å². The van der Waals surface area contributed by atoms with Gasteiger partial charge in [0.25, 0.3) is 0 Å². The van der Waals surface area contributed by atoms with E-state index in [4.69, 9.17) is 9.47 Å². The Morgan fingerprint density at radius 3 is 2.46 bits per heavy atom. The molecule has 1 N–H and O–H groups in total. The van der Waals surface area contributed by atoms with Gasteiger partial charge in [0.05, 0.1) is 24.9 Å². The summed E-state index contributed by atoms with van der Waals surface area (Å²) in [5, 5.41) is 10.4. The van der Waals surface area contributed by atoms with Crippen molar-refractivity contribution in [2.24, 2.45) is 0 Å². The Hall–Kier alpha value is -1.14. The highest BCUT2D eigenvalue weighted by molar-refractivity contribution is 5.27. The Balaban J connectivity index is 1.75. The minimum atomic E-state index is -0.352. The van der Waals surface area contributed by atoms with E-state index in [1.165, 1.54) is 5.56 Å². The summed E-state index contributed by atoms with van der Waals surface area (Å²) >= 11 is 0. The van der Waals surface area contributed by atoms with Crippen LogP contribution in [0.4, 0.5) is 0 Å². The molecule has 0 radical (unpaired) electrons. The zero-order valence-electron chi connectivity index (χ0n) is 15.4. The highest BCUT2D eigenvalue weighted by Gasteiger charge is 2.24. The molecule has 136 valence electrons. The lowest BCUT2D eigenvalue weighted by Gasteiger charge is -2.36. The topological polar surface area (TPSA) is 45.2 Å². The van der Waals surface area contributed by atoms with Crippen LogP contribution >= 0.6 is 0 Å². The molecule has 0 aromatic heterocycles. The average Bonchev–Trinajstić information content (AvgIpc) is 2.48. The molecule has 0 amide bonds. The van der Waals surface area contributed by atoms with Crippen molar-refractivity contribution in [3.05, 3.63) is 29.8 Å². The quantitative estimate of drug-likeness (QED) is 0.786. The molecule has 5 nitrogen and oxygen atoms in total. The Kier molecular flexibility index (Phi) is 7.49. The van der Waals surface area contributed by atoms with Crippen molar-refractivity contribution in [3.63, 3.8) is 0 Å². The van der Waals surface area contributed by atoms with E-state index in [9.17, 15) is 5.11 Å². The number of likely N-dealkylation sites (N-methyl/N-ethyl adjacent to an activating group) is 1. The number of benzene rings is 1. The van der Waals surface area contributed by atoms with E-state index >= 15 is 0 Å². The van der Waals surface area contributed by atoms with Crippen LogP contribution in [0.3, 0.4) is 0 Å². The summed E-state index contributed by atoms with van der Waals surface area (Å²) in [7, 11) is 2.05. The van der Waals surface area contributed by atoms with Crippen LogP contribution in [-0.2, 0) is 11.3 Å². The molecule has 1 fully saturated rings. The Labute approximate surface area is 146 Å². The van der Waals surface area contributed by atoms with Gasteiger partial charge in [-0.3, -0.25) is 9.80 Å². The van der Waals surface area contributed by atoms with E-state index in [1.807, 2.05) is 26.1 Å². The lowest BCUT2D eigenvalue weighted by atomic mass is 10.2. The summed E-state index contributed by atoms with van der Waals surface area (Å²) in [6.07, 6.45) is 0.125. The lowest BCUT2D eigenvalue weighted by Crippen LogP contribution is -2.49. The molecule has 0 spiro atoms. The first-order chi connectivity index (χ1) is 11.5. The van der Waals surface area contributed by atoms with Crippen molar-refractivity contribution < 1.29 is 14.6 Å². The number of ether oxygens (including phenoxy) is 2. The number of hydrogen-bond acceptors (Lipinski definition) is 5. The molecule has 1 aliphatic rings. The summed E-state index contributed by atoms with van der Waals surface area (Å²) in [4.78, 5) is 4.46. The molecule has 5 heteroatoms. The first-order valence-electron chi connectivity index (χ1n) is 8.92. The monoisotopic (exact) mass is 336 g/mol. The van der Waals surface area contributed by atoms with Crippen molar-refractivity contribution in [2.45, 2.75) is 45.6 Å². The first kappa shape index (κ1) is 19.2. The second-order valence-electron chi connectivity index (χ2n) is 6.90. The number of nitrogens with zero attached hydrogens (tertiary/aromatic N) is 2. The van der Waals surface area contributed by atoms with Gasteiger partial charge in [-0.2, -0.15) is 0 Å². The summed E-state index contributed by atoms with van der Waals surface area (Å²) in [5.41, 5.74) is 1.22. The van der Waals surface area contributed by atoms with Crippen LogP contribution in [0.5, 0.6) is 5.75 Å². The molecule has 3 atom stereocenters. The smallest absolute Gasteiger partial charge is 0.119 e. The predicted molar refractivity (Wildman–Crippen MR) is 96.4 cm³/mol. The standard InChI is InChI=1S/C19H32N2O3/c1-5-23-19-8-6-17(7-9-19)12-20(4)13-18(22)14-21-10-15(2)24-16(3)11-21/h6-9,15-16,18,22H,5,10-14H2,1-4H3. The molecule has 3 unspecified atom stereocenters. The molecule has 2 rings (SSSR count). The maximum Gasteiger partial charge on any atom is 0.119 e. The fraction of sp³-hybridized carbons (Fsp3) is 0.684. The highest BCUT2D eigenvalue weighted by Crippen LogP contribution is 2.14. The van der Waals surface area contributed by atoms with Crippen LogP contribution < -0.4 is 4.74 Å². The average molecular weight is 336 g/mol. The number of aliphatic hydroxyl groups is 1. The SMILES string of the molecule is CCOc1ccc(CN(C)CC(O)CN2CC(C)OC(C)C2)cc1. The third kappa shape index (κ3) is 6.40. The van der Waals surface area contributed by atoms with Crippen molar-refractivity contribution in [1.29, 1.82) is 0 Å². The summed E-state index contributed by atoms with van der Waals surface area (Å²) in [5.74, 6) is 0.902. The zero-order valence-corrected chi connectivity index (χ0v) is 15.4. The van der Waals surface area contributed by atoms with Gasteiger partial charge in [0.1, 0.15) is 5.75 Å². The number of hydrogen-bond donors (Lipinski definition) is 1. The second-order valence-corrected chi connectivity index (χ2v) is 6.90. The Bertz CT molecular complexity index is 470. The highest BCUT2D eigenvalue weighted by atomic mass is 16.5. The van der Waals surface area contributed by atoms with Crippen LogP contribution in [0.25, 0.3) is 0 Å². The molecule has 0 bridgehead atoms. The van der Waals surface area contributed by atoms with Gasteiger partial charge < -0.3 is 14.6 Å². The van der Waals surface area contributed by atoms with Gasteiger partial charge in [-0.05, 0) is 45.5 Å². The van der Waals surface area contributed by atoms with Gasteiger partial charge in [0.15, 0.2) is 0 Å². The molecular formula is C19H32N2O3. The fourth-order valence-electron chi connectivity index (χ4n) is 3.38. The van der Waals surface area contributed by atoms with Crippen LogP contribution in [0.1, 0.15) is 26.3 Å². The van der Waals surface area contributed by atoms with E-state index < -0.39 is 0 Å². The van der Waals surface area contributed by atoms with E-state index in [0.29, 0.717) is 19.7 Å². The molecule has 1 heterocycles. The van der Waals surface area contributed by atoms with Crippen molar-refractivity contribution in [1.82, 2.24) is 9.80 Å². The van der Waals surface area contributed by atoms with Crippen LogP contribution in [0.15, 0.2) is 24.3 Å². The zero-order chi connectivity index (χ0) is 17.5. The summed E-state index contributed by atoms with van der Waals surface area (Å²) < 4.78 is 11.2. The molecule has 1 aliphatic heterocycles. The largest absolute Gasteiger partial charge is 0.494 e. The maximum atomic E-state index is 10.4. The van der Waals surface area contributed by atoms with Crippen LogP contribution in [0, 0.1) is 0 Å². The fourth-order valence-corrected chi connectivity index (χ4v) is 3.38. The minimum Gasteiger partial charge on any atom is -0.494 e. The lowest BCUT2D eigenvalue weighted by molar-refractivity contribution is -0.0777. The molecule has 24 heavy (non-hydrogen) atoms. The Morgan fingerprint density at radius 2 is 1.88 bits per heavy atom. The molecule has 0 saturated carbocycles. The molecule has 1 aromatic rings. The van der Waals surface area contributed by atoms with Crippen LogP contribution in [-0.4, -0.2) is 73.1 Å². The van der Waals surface area contributed by atoms with Gasteiger partial charge in [-0.15, -0.1) is 0 Å². The normalized spacial score (nSPS) is 23.4. The van der Waals surface area contributed by atoms with Gasteiger partial charge in [-0.1, -0.05) is 12.1 Å². The summed E-state index contributed by atoms with van der Waals surface area (Å²) in [6, 6.07) is 8.16. The van der Waals surface area contributed by atoms with Crippen molar-refractivity contribution in [2.75, 3.05) is 39.8 Å². The van der Waals surface area contributed by atoms with Gasteiger partial charge in [0.2, 0.25) is 0 Å². The third-order valence-corrected chi connectivity index (χ3v) is 4.17. The molecule has 0 aliphatic carbocycles.